The third-order valence-electron chi connectivity index (χ3n) is 4.30. The van der Waals surface area contributed by atoms with Crippen molar-refractivity contribution in [3.63, 3.8) is 0 Å². The molecular formula is C21H20N6O2S. The molecule has 3 aromatic heterocycles. The number of rotatable bonds is 8. The molecule has 30 heavy (non-hydrogen) atoms. The summed E-state index contributed by atoms with van der Waals surface area (Å²) in [6.07, 6.45) is 5.91. The first-order valence-corrected chi connectivity index (χ1v) is 10.4. The SMILES string of the molecule is CCCn1nnnc1COC(=O)/C=C/c1cn(-c2ccccc2)nc1-c1cccs1. The van der Waals surface area contributed by atoms with Crippen LogP contribution in [-0.2, 0) is 22.7 Å². The molecule has 4 aromatic rings. The molecular weight excluding hydrogens is 400 g/mol. The molecule has 0 amide bonds. The smallest absolute Gasteiger partial charge is 0.331 e. The maximum absolute atomic E-state index is 12.2. The molecule has 1 aromatic carbocycles. The van der Waals surface area contributed by atoms with E-state index in [4.69, 9.17) is 9.84 Å². The van der Waals surface area contributed by atoms with Crippen molar-refractivity contribution in [3.05, 3.63) is 71.5 Å². The minimum Gasteiger partial charge on any atom is -0.454 e. The summed E-state index contributed by atoms with van der Waals surface area (Å²) >= 11 is 1.60. The molecule has 0 saturated carbocycles. The van der Waals surface area contributed by atoms with E-state index in [0.29, 0.717) is 12.4 Å². The minimum atomic E-state index is -0.467. The van der Waals surface area contributed by atoms with Gasteiger partial charge in [-0.3, -0.25) is 0 Å². The van der Waals surface area contributed by atoms with Gasteiger partial charge in [0.2, 0.25) is 0 Å². The summed E-state index contributed by atoms with van der Waals surface area (Å²) in [4.78, 5) is 13.3. The normalized spacial score (nSPS) is 11.2. The van der Waals surface area contributed by atoms with Gasteiger partial charge < -0.3 is 4.74 Å². The summed E-state index contributed by atoms with van der Waals surface area (Å²) in [6, 6.07) is 13.8. The molecule has 0 aliphatic rings. The second-order valence-electron chi connectivity index (χ2n) is 6.45. The number of para-hydroxylation sites is 1. The number of aromatic nitrogens is 6. The van der Waals surface area contributed by atoms with Gasteiger partial charge in [-0.05, 0) is 46.5 Å². The lowest BCUT2D eigenvalue weighted by Gasteiger charge is -2.02. The molecule has 0 unspecified atom stereocenters. The molecule has 0 aliphatic heterocycles. The number of hydrogen-bond acceptors (Lipinski definition) is 7. The molecule has 4 rings (SSSR count). The zero-order chi connectivity index (χ0) is 20.8. The number of carbonyl (C=O) groups is 1. The van der Waals surface area contributed by atoms with Crippen molar-refractivity contribution in [1.82, 2.24) is 30.0 Å². The number of esters is 1. The van der Waals surface area contributed by atoms with E-state index in [9.17, 15) is 4.79 Å². The number of hydrogen-bond donors (Lipinski definition) is 0. The Kier molecular flexibility index (Phi) is 6.09. The molecule has 8 nitrogen and oxygen atoms in total. The van der Waals surface area contributed by atoms with Crippen molar-refractivity contribution in [2.75, 3.05) is 0 Å². The minimum absolute atomic E-state index is 0.0250. The first-order chi connectivity index (χ1) is 14.7. The summed E-state index contributed by atoms with van der Waals surface area (Å²) in [5.74, 6) is 0.0559. The molecule has 0 radical (unpaired) electrons. The molecule has 0 N–H and O–H groups in total. The Hall–Kier alpha value is -3.59. The highest BCUT2D eigenvalue weighted by Crippen LogP contribution is 2.28. The van der Waals surface area contributed by atoms with Crippen LogP contribution in [0.1, 0.15) is 24.7 Å². The van der Waals surface area contributed by atoms with E-state index in [1.807, 2.05) is 61.0 Å². The lowest BCUT2D eigenvalue weighted by Crippen LogP contribution is -2.09. The van der Waals surface area contributed by atoms with Crippen LogP contribution in [0.2, 0.25) is 0 Å². The van der Waals surface area contributed by atoms with Crippen LogP contribution in [0.5, 0.6) is 0 Å². The summed E-state index contributed by atoms with van der Waals surface area (Å²) < 4.78 is 8.74. The molecule has 9 heteroatoms. The van der Waals surface area contributed by atoms with Crippen LogP contribution in [0.4, 0.5) is 0 Å². The highest BCUT2D eigenvalue weighted by atomic mass is 32.1. The topological polar surface area (TPSA) is 87.7 Å². The number of carbonyl (C=O) groups excluding carboxylic acids is 1. The van der Waals surface area contributed by atoms with Crippen molar-refractivity contribution < 1.29 is 9.53 Å². The number of nitrogens with zero attached hydrogens (tertiary/aromatic N) is 6. The summed E-state index contributed by atoms with van der Waals surface area (Å²) in [5, 5.41) is 18.1. The van der Waals surface area contributed by atoms with Gasteiger partial charge in [-0.2, -0.15) is 5.10 Å². The van der Waals surface area contributed by atoms with E-state index >= 15 is 0 Å². The van der Waals surface area contributed by atoms with Gasteiger partial charge in [-0.15, -0.1) is 16.4 Å². The van der Waals surface area contributed by atoms with E-state index < -0.39 is 5.97 Å². The lowest BCUT2D eigenvalue weighted by molar-refractivity contribution is -0.139. The Balaban J connectivity index is 1.51. The molecule has 152 valence electrons. The van der Waals surface area contributed by atoms with Gasteiger partial charge in [0.1, 0.15) is 5.69 Å². The Morgan fingerprint density at radius 3 is 2.83 bits per heavy atom. The largest absolute Gasteiger partial charge is 0.454 e. The molecule has 0 spiro atoms. The van der Waals surface area contributed by atoms with Crippen molar-refractivity contribution in [2.45, 2.75) is 26.5 Å². The van der Waals surface area contributed by atoms with Crippen LogP contribution >= 0.6 is 11.3 Å². The number of thiophene rings is 1. The summed E-state index contributed by atoms with van der Waals surface area (Å²) in [5.41, 5.74) is 2.58. The Morgan fingerprint density at radius 2 is 2.07 bits per heavy atom. The van der Waals surface area contributed by atoms with Gasteiger partial charge >= 0.3 is 5.97 Å². The maximum Gasteiger partial charge on any atom is 0.331 e. The van der Waals surface area contributed by atoms with Crippen LogP contribution in [-0.4, -0.2) is 36.0 Å². The monoisotopic (exact) mass is 420 g/mol. The zero-order valence-corrected chi connectivity index (χ0v) is 17.2. The molecule has 0 fully saturated rings. The van der Waals surface area contributed by atoms with E-state index in [0.717, 1.165) is 28.2 Å². The van der Waals surface area contributed by atoms with E-state index in [2.05, 4.69) is 15.5 Å². The second kappa shape index (κ2) is 9.27. The number of tetrazole rings is 1. The van der Waals surface area contributed by atoms with Gasteiger partial charge in [0.25, 0.3) is 0 Å². The molecule has 0 saturated heterocycles. The van der Waals surface area contributed by atoms with Gasteiger partial charge in [0, 0.05) is 24.4 Å². The third-order valence-corrected chi connectivity index (χ3v) is 5.18. The predicted octanol–water partition coefficient (Wildman–Crippen LogP) is 3.75. The van der Waals surface area contributed by atoms with Crippen molar-refractivity contribution in [1.29, 1.82) is 0 Å². The summed E-state index contributed by atoms with van der Waals surface area (Å²) in [6.45, 7) is 2.73. The quantitative estimate of drug-likeness (QED) is 0.319. The van der Waals surface area contributed by atoms with Crippen LogP contribution in [0.15, 0.2) is 60.1 Å². The van der Waals surface area contributed by atoms with Gasteiger partial charge in [0.15, 0.2) is 12.4 Å². The fourth-order valence-electron chi connectivity index (χ4n) is 2.88. The highest BCUT2D eigenvalue weighted by molar-refractivity contribution is 7.13. The van der Waals surface area contributed by atoms with Crippen molar-refractivity contribution in [3.8, 4) is 16.3 Å². The average molecular weight is 420 g/mol. The molecule has 0 bridgehead atoms. The van der Waals surface area contributed by atoms with Gasteiger partial charge in [-0.1, -0.05) is 31.2 Å². The van der Waals surface area contributed by atoms with Crippen LogP contribution in [0.3, 0.4) is 0 Å². The second-order valence-corrected chi connectivity index (χ2v) is 7.40. The number of ether oxygens (including phenoxy) is 1. The third kappa shape index (κ3) is 4.52. The van der Waals surface area contributed by atoms with Crippen molar-refractivity contribution >= 4 is 23.4 Å². The first-order valence-electron chi connectivity index (χ1n) is 9.53. The number of aryl methyl sites for hydroxylation is 1. The fraction of sp³-hybridized carbons (Fsp3) is 0.190. The van der Waals surface area contributed by atoms with Crippen LogP contribution < -0.4 is 0 Å². The standard InChI is InChI=1S/C21H20N6O2S/c1-2-12-26-19(22-24-25-26)15-29-20(28)11-10-16-14-27(17-7-4-3-5-8-17)23-21(16)18-9-6-13-30-18/h3-11,13-14H,2,12,15H2,1H3/b11-10+. The van der Waals surface area contributed by atoms with Crippen LogP contribution in [0.25, 0.3) is 22.3 Å². The van der Waals surface area contributed by atoms with E-state index in [1.165, 1.54) is 6.08 Å². The Labute approximate surface area is 177 Å². The predicted molar refractivity (Wildman–Crippen MR) is 114 cm³/mol. The summed E-state index contributed by atoms with van der Waals surface area (Å²) in [7, 11) is 0. The van der Waals surface area contributed by atoms with Crippen LogP contribution in [0, 0.1) is 0 Å². The van der Waals surface area contributed by atoms with E-state index in [-0.39, 0.29) is 6.61 Å². The first kappa shape index (κ1) is 19.7. The highest BCUT2D eigenvalue weighted by Gasteiger charge is 2.12. The number of benzene rings is 1. The lowest BCUT2D eigenvalue weighted by atomic mass is 10.2. The average Bonchev–Trinajstić information content (AvgIpc) is 3.52. The Morgan fingerprint density at radius 1 is 1.20 bits per heavy atom. The van der Waals surface area contributed by atoms with Gasteiger partial charge in [0.05, 0.1) is 10.6 Å². The van der Waals surface area contributed by atoms with Crippen molar-refractivity contribution in [2.24, 2.45) is 0 Å². The maximum atomic E-state index is 12.2. The van der Waals surface area contributed by atoms with E-state index in [1.54, 1.807) is 26.8 Å². The Bertz CT molecular complexity index is 1130. The molecule has 3 heterocycles. The molecule has 0 atom stereocenters. The zero-order valence-electron chi connectivity index (χ0n) is 16.4. The fourth-order valence-corrected chi connectivity index (χ4v) is 3.61. The molecule has 0 aliphatic carbocycles. The van der Waals surface area contributed by atoms with Gasteiger partial charge in [-0.25, -0.2) is 14.2 Å².